The highest BCUT2D eigenvalue weighted by molar-refractivity contribution is 5.92. The van der Waals surface area contributed by atoms with Crippen LogP contribution < -0.4 is 10.6 Å². The lowest BCUT2D eigenvalue weighted by Gasteiger charge is -2.19. The van der Waals surface area contributed by atoms with E-state index in [1.165, 1.54) is 31.9 Å². The summed E-state index contributed by atoms with van der Waals surface area (Å²) in [6, 6.07) is 0.213. The van der Waals surface area contributed by atoms with Crippen molar-refractivity contribution in [1.82, 2.24) is 15.3 Å². The maximum absolute atomic E-state index is 12.0. The third-order valence-corrected chi connectivity index (χ3v) is 3.71. The molecule has 1 fully saturated rings. The summed E-state index contributed by atoms with van der Waals surface area (Å²) in [6.07, 6.45) is 8.11. The summed E-state index contributed by atoms with van der Waals surface area (Å²) in [6.45, 7) is 4.86. The molecule has 1 aromatic rings. The third kappa shape index (κ3) is 3.66. The van der Waals surface area contributed by atoms with Crippen molar-refractivity contribution in [1.29, 1.82) is 0 Å². The van der Waals surface area contributed by atoms with E-state index in [1.54, 1.807) is 6.20 Å². The van der Waals surface area contributed by atoms with Crippen LogP contribution in [0.3, 0.4) is 0 Å². The van der Waals surface area contributed by atoms with Gasteiger partial charge in [0.2, 0.25) is 0 Å². The first kappa shape index (κ1) is 13.8. The lowest BCUT2D eigenvalue weighted by Crippen LogP contribution is -2.37. The van der Waals surface area contributed by atoms with Gasteiger partial charge in [-0.3, -0.25) is 4.79 Å². The molecule has 5 heteroatoms. The molecule has 0 bridgehead atoms. The zero-order chi connectivity index (χ0) is 13.7. The first-order chi connectivity index (χ1) is 9.20. The van der Waals surface area contributed by atoms with Crippen LogP contribution in [0, 0.1) is 5.92 Å². The Labute approximate surface area is 114 Å². The topological polar surface area (TPSA) is 66.9 Å². The zero-order valence-corrected chi connectivity index (χ0v) is 11.6. The largest absolute Gasteiger partial charge is 0.369 e. The van der Waals surface area contributed by atoms with Crippen LogP contribution in [0.2, 0.25) is 0 Å². The van der Waals surface area contributed by atoms with Crippen LogP contribution in [0.4, 0.5) is 5.82 Å². The molecule has 0 spiro atoms. The van der Waals surface area contributed by atoms with Gasteiger partial charge in [-0.1, -0.05) is 12.8 Å². The van der Waals surface area contributed by atoms with Crippen molar-refractivity contribution in [3.63, 3.8) is 0 Å². The molecular formula is C14H22N4O. The number of carbonyl (C=O) groups is 1. The van der Waals surface area contributed by atoms with Gasteiger partial charge in [0.25, 0.3) is 5.91 Å². The molecule has 0 saturated heterocycles. The van der Waals surface area contributed by atoms with Crippen molar-refractivity contribution >= 4 is 11.7 Å². The summed E-state index contributed by atoms with van der Waals surface area (Å²) in [4.78, 5) is 20.3. The van der Waals surface area contributed by atoms with Gasteiger partial charge in [-0.05, 0) is 32.6 Å². The molecule has 1 aromatic heterocycles. The molecule has 1 unspecified atom stereocenters. The first-order valence-corrected chi connectivity index (χ1v) is 7.07. The molecule has 0 radical (unpaired) electrons. The molecule has 1 aliphatic carbocycles. The summed E-state index contributed by atoms with van der Waals surface area (Å²) in [7, 11) is 0. The lowest BCUT2D eigenvalue weighted by atomic mass is 10.00. The molecule has 1 heterocycles. The minimum atomic E-state index is -0.130. The number of hydrogen-bond donors (Lipinski definition) is 2. The Morgan fingerprint density at radius 2 is 2.11 bits per heavy atom. The predicted octanol–water partition coefficient (Wildman–Crippen LogP) is 2.22. The van der Waals surface area contributed by atoms with E-state index in [2.05, 4.69) is 27.5 Å². The number of nitrogens with zero attached hydrogens (tertiary/aromatic N) is 2. The van der Waals surface area contributed by atoms with Gasteiger partial charge in [0.05, 0.1) is 12.4 Å². The van der Waals surface area contributed by atoms with Crippen LogP contribution >= 0.6 is 0 Å². The number of carbonyl (C=O) groups excluding carboxylic acids is 1. The molecule has 1 atom stereocenters. The van der Waals surface area contributed by atoms with E-state index in [1.807, 2.05) is 6.92 Å². The molecule has 2 N–H and O–H groups in total. The van der Waals surface area contributed by atoms with Crippen LogP contribution in [0.25, 0.3) is 0 Å². The van der Waals surface area contributed by atoms with Crippen LogP contribution in [0.15, 0.2) is 12.4 Å². The van der Waals surface area contributed by atoms with Gasteiger partial charge in [0.15, 0.2) is 0 Å². The van der Waals surface area contributed by atoms with Crippen LogP contribution in [-0.2, 0) is 0 Å². The highest BCUT2D eigenvalue weighted by Crippen LogP contribution is 2.27. The van der Waals surface area contributed by atoms with Gasteiger partial charge in [-0.2, -0.15) is 0 Å². The Balaban J connectivity index is 1.91. The SMILES string of the molecule is CCNc1cnc(C(=O)NC(C)C2CCCC2)cn1. The van der Waals surface area contributed by atoms with Gasteiger partial charge in [-0.25, -0.2) is 9.97 Å². The monoisotopic (exact) mass is 262 g/mol. The van der Waals surface area contributed by atoms with Crippen molar-refractivity contribution in [2.45, 2.75) is 45.6 Å². The fraction of sp³-hybridized carbons (Fsp3) is 0.643. The maximum Gasteiger partial charge on any atom is 0.271 e. The number of anilines is 1. The minimum Gasteiger partial charge on any atom is -0.369 e. The van der Waals surface area contributed by atoms with Gasteiger partial charge >= 0.3 is 0 Å². The van der Waals surface area contributed by atoms with Gasteiger partial charge in [0, 0.05) is 12.6 Å². The Hall–Kier alpha value is -1.65. The Morgan fingerprint density at radius 3 is 2.68 bits per heavy atom. The number of rotatable bonds is 5. The van der Waals surface area contributed by atoms with Crippen molar-refractivity contribution in [2.24, 2.45) is 5.92 Å². The van der Waals surface area contributed by atoms with E-state index in [9.17, 15) is 4.79 Å². The van der Waals surface area contributed by atoms with Crippen molar-refractivity contribution in [2.75, 3.05) is 11.9 Å². The lowest BCUT2D eigenvalue weighted by molar-refractivity contribution is 0.0922. The van der Waals surface area contributed by atoms with Crippen LogP contribution in [0.5, 0.6) is 0 Å². The second-order valence-corrected chi connectivity index (χ2v) is 5.12. The molecule has 1 saturated carbocycles. The number of amides is 1. The summed E-state index contributed by atoms with van der Waals surface area (Å²) < 4.78 is 0. The fourth-order valence-electron chi connectivity index (χ4n) is 2.57. The van der Waals surface area contributed by atoms with Crippen LogP contribution in [-0.4, -0.2) is 28.5 Å². The molecule has 2 rings (SSSR count). The third-order valence-electron chi connectivity index (χ3n) is 3.71. The van der Waals surface area contributed by atoms with E-state index in [0.717, 1.165) is 6.54 Å². The predicted molar refractivity (Wildman–Crippen MR) is 75.1 cm³/mol. The van der Waals surface area contributed by atoms with E-state index >= 15 is 0 Å². The molecule has 0 aliphatic heterocycles. The average molecular weight is 262 g/mol. The number of nitrogens with one attached hydrogen (secondary N) is 2. The second-order valence-electron chi connectivity index (χ2n) is 5.12. The van der Waals surface area contributed by atoms with Crippen molar-refractivity contribution < 1.29 is 4.79 Å². The minimum absolute atomic E-state index is 0.130. The second kappa shape index (κ2) is 6.50. The average Bonchev–Trinajstić information content (AvgIpc) is 2.94. The van der Waals surface area contributed by atoms with E-state index < -0.39 is 0 Å². The zero-order valence-electron chi connectivity index (χ0n) is 11.6. The molecule has 104 valence electrons. The van der Waals surface area contributed by atoms with Gasteiger partial charge in [0.1, 0.15) is 11.5 Å². The van der Waals surface area contributed by atoms with Gasteiger partial charge in [-0.15, -0.1) is 0 Å². The van der Waals surface area contributed by atoms with Gasteiger partial charge < -0.3 is 10.6 Å². The molecule has 1 amide bonds. The molecule has 19 heavy (non-hydrogen) atoms. The normalized spacial score (nSPS) is 17.2. The summed E-state index contributed by atoms with van der Waals surface area (Å²) in [5.41, 5.74) is 0.381. The Kier molecular flexibility index (Phi) is 4.71. The quantitative estimate of drug-likeness (QED) is 0.854. The smallest absolute Gasteiger partial charge is 0.271 e. The van der Waals surface area contributed by atoms with E-state index in [-0.39, 0.29) is 11.9 Å². The Morgan fingerprint density at radius 1 is 1.37 bits per heavy atom. The van der Waals surface area contributed by atoms with Crippen molar-refractivity contribution in [3.8, 4) is 0 Å². The van der Waals surface area contributed by atoms with Crippen LogP contribution in [0.1, 0.15) is 50.0 Å². The highest BCUT2D eigenvalue weighted by Gasteiger charge is 2.23. The molecular weight excluding hydrogens is 240 g/mol. The summed E-state index contributed by atoms with van der Waals surface area (Å²) in [5, 5.41) is 6.08. The maximum atomic E-state index is 12.0. The molecule has 0 aromatic carbocycles. The molecule has 1 aliphatic rings. The highest BCUT2D eigenvalue weighted by atomic mass is 16.1. The first-order valence-electron chi connectivity index (χ1n) is 7.07. The number of hydrogen-bond acceptors (Lipinski definition) is 4. The van der Waals surface area contributed by atoms with E-state index in [0.29, 0.717) is 17.4 Å². The summed E-state index contributed by atoms with van der Waals surface area (Å²) >= 11 is 0. The standard InChI is InChI=1S/C14H22N4O/c1-3-15-13-9-16-12(8-17-13)14(19)18-10(2)11-6-4-5-7-11/h8-11H,3-7H2,1-2H3,(H,15,17)(H,18,19). The molecule has 5 nitrogen and oxygen atoms in total. The Bertz CT molecular complexity index is 412. The number of aromatic nitrogens is 2. The fourth-order valence-corrected chi connectivity index (χ4v) is 2.57. The van der Waals surface area contributed by atoms with E-state index in [4.69, 9.17) is 0 Å². The van der Waals surface area contributed by atoms with Crippen molar-refractivity contribution in [3.05, 3.63) is 18.1 Å². The summed E-state index contributed by atoms with van der Waals surface area (Å²) in [5.74, 6) is 1.18.